The van der Waals surface area contributed by atoms with Gasteiger partial charge in [-0.1, -0.05) is 0 Å². The molecular formula is C15H24ClN3O2S. The Labute approximate surface area is 141 Å². The quantitative estimate of drug-likeness (QED) is 0.857. The second-order valence-electron chi connectivity index (χ2n) is 6.00. The third-order valence-electron chi connectivity index (χ3n) is 4.66. The van der Waals surface area contributed by atoms with Crippen molar-refractivity contribution in [1.29, 1.82) is 0 Å². The Bertz CT molecular complexity index is 495. The van der Waals surface area contributed by atoms with Gasteiger partial charge in [-0.15, -0.1) is 23.7 Å². The number of rotatable bonds is 2. The van der Waals surface area contributed by atoms with Crippen LogP contribution in [-0.4, -0.2) is 59.1 Å². The molecule has 2 saturated heterocycles. The summed E-state index contributed by atoms with van der Waals surface area (Å²) < 4.78 is 0. The lowest BCUT2D eigenvalue weighted by Crippen LogP contribution is -2.49. The average Bonchev–Trinajstić information content (AvgIpc) is 2.94. The molecule has 2 aliphatic rings. The minimum atomic E-state index is -0.121. The van der Waals surface area contributed by atoms with Crippen LogP contribution in [-0.2, 0) is 0 Å². The van der Waals surface area contributed by atoms with Gasteiger partial charge in [0.15, 0.2) is 0 Å². The third kappa shape index (κ3) is 3.74. The smallest absolute Gasteiger partial charge is 0.266 e. The number of thiophene rings is 1. The van der Waals surface area contributed by atoms with Gasteiger partial charge in [0.1, 0.15) is 4.88 Å². The van der Waals surface area contributed by atoms with Crippen LogP contribution < -0.4 is 5.73 Å². The van der Waals surface area contributed by atoms with Crippen molar-refractivity contribution >= 4 is 35.3 Å². The Morgan fingerprint density at radius 2 is 1.82 bits per heavy atom. The van der Waals surface area contributed by atoms with E-state index < -0.39 is 0 Å². The van der Waals surface area contributed by atoms with E-state index in [2.05, 4.69) is 4.90 Å². The number of hydrogen-bond donors (Lipinski definition) is 2. The molecule has 2 fully saturated rings. The molecule has 0 aromatic carbocycles. The lowest BCUT2D eigenvalue weighted by atomic mass is 9.99. The van der Waals surface area contributed by atoms with Gasteiger partial charge in [0, 0.05) is 32.2 Å². The van der Waals surface area contributed by atoms with E-state index >= 15 is 0 Å². The van der Waals surface area contributed by atoms with E-state index in [1.54, 1.807) is 6.07 Å². The number of nitrogens with two attached hydrogens (primary N) is 1. The minimum Gasteiger partial charge on any atom is -0.397 e. The van der Waals surface area contributed by atoms with Crippen LogP contribution in [0, 0.1) is 0 Å². The SMILES string of the molecule is Cl.Nc1ccsc1C(=O)N1CCC(N2CCC(O)CC2)CC1. The number of carbonyl (C=O) groups is 1. The topological polar surface area (TPSA) is 69.8 Å². The lowest BCUT2D eigenvalue weighted by molar-refractivity contribution is 0.0359. The molecule has 1 aromatic rings. The Balaban J connectivity index is 0.00000176. The highest BCUT2D eigenvalue weighted by atomic mass is 35.5. The monoisotopic (exact) mass is 345 g/mol. The van der Waals surface area contributed by atoms with E-state index in [-0.39, 0.29) is 24.4 Å². The van der Waals surface area contributed by atoms with Crippen LogP contribution in [0.2, 0.25) is 0 Å². The number of likely N-dealkylation sites (tertiary alicyclic amines) is 2. The van der Waals surface area contributed by atoms with Crippen molar-refractivity contribution in [3.8, 4) is 0 Å². The predicted molar refractivity (Wildman–Crippen MR) is 91.7 cm³/mol. The van der Waals surface area contributed by atoms with Crippen LogP contribution >= 0.6 is 23.7 Å². The van der Waals surface area contributed by atoms with Crippen molar-refractivity contribution in [2.75, 3.05) is 31.9 Å². The number of nitrogen functional groups attached to an aromatic ring is 1. The number of aliphatic hydroxyl groups is 1. The average molecular weight is 346 g/mol. The maximum Gasteiger partial charge on any atom is 0.266 e. The van der Waals surface area contributed by atoms with E-state index in [9.17, 15) is 9.90 Å². The van der Waals surface area contributed by atoms with Gasteiger partial charge in [-0.05, 0) is 37.1 Å². The number of amides is 1. The van der Waals surface area contributed by atoms with E-state index in [1.165, 1.54) is 11.3 Å². The summed E-state index contributed by atoms with van der Waals surface area (Å²) in [7, 11) is 0. The molecule has 124 valence electrons. The maximum atomic E-state index is 12.4. The fourth-order valence-corrected chi connectivity index (χ4v) is 4.11. The van der Waals surface area contributed by atoms with E-state index in [0.717, 1.165) is 51.9 Å². The summed E-state index contributed by atoms with van der Waals surface area (Å²) in [5, 5.41) is 11.5. The van der Waals surface area contributed by atoms with Crippen LogP contribution in [0.4, 0.5) is 5.69 Å². The molecule has 3 rings (SSSR count). The van der Waals surface area contributed by atoms with Gasteiger partial charge in [-0.3, -0.25) is 4.79 Å². The first-order valence-corrected chi connectivity index (χ1v) is 8.57. The van der Waals surface area contributed by atoms with Crippen molar-refractivity contribution in [2.24, 2.45) is 0 Å². The summed E-state index contributed by atoms with van der Waals surface area (Å²) in [6, 6.07) is 2.35. The van der Waals surface area contributed by atoms with Gasteiger partial charge < -0.3 is 20.6 Å². The van der Waals surface area contributed by atoms with Crippen molar-refractivity contribution in [1.82, 2.24) is 9.80 Å². The Morgan fingerprint density at radius 1 is 1.18 bits per heavy atom. The third-order valence-corrected chi connectivity index (χ3v) is 5.58. The fourth-order valence-electron chi connectivity index (χ4n) is 3.32. The molecule has 0 aliphatic carbocycles. The molecule has 1 aromatic heterocycles. The Kier molecular flexibility index (Phi) is 6.09. The van der Waals surface area contributed by atoms with Crippen molar-refractivity contribution < 1.29 is 9.90 Å². The minimum absolute atomic E-state index is 0. The summed E-state index contributed by atoms with van der Waals surface area (Å²) in [6.07, 6.45) is 3.68. The van der Waals surface area contributed by atoms with Crippen molar-refractivity contribution in [3.05, 3.63) is 16.3 Å². The van der Waals surface area contributed by atoms with Gasteiger partial charge in [0.2, 0.25) is 0 Å². The summed E-state index contributed by atoms with van der Waals surface area (Å²) in [4.78, 5) is 17.5. The number of piperidine rings is 2. The van der Waals surface area contributed by atoms with Gasteiger partial charge in [-0.2, -0.15) is 0 Å². The summed E-state index contributed by atoms with van der Waals surface area (Å²) in [5.41, 5.74) is 6.43. The lowest BCUT2D eigenvalue weighted by Gasteiger charge is -2.41. The normalized spacial score (nSPS) is 21.6. The largest absolute Gasteiger partial charge is 0.397 e. The molecule has 3 N–H and O–H groups in total. The second kappa shape index (κ2) is 7.64. The molecule has 0 unspecified atom stereocenters. The molecule has 5 nitrogen and oxygen atoms in total. The number of aliphatic hydroxyl groups excluding tert-OH is 1. The van der Waals surface area contributed by atoms with Crippen LogP contribution in [0.3, 0.4) is 0 Å². The number of halogens is 1. The number of nitrogens with zero attached hydrogens (tertiary/aromatic N) is 2. The molecule has 7 heteroatoms. The molecule has 22 heavy (non-hydrogen) atoms. The van der Waals surface area contributed by atoms with Gasteiger partial charge in [0.25, 0.3) is 5.91 Å². The van der Waals surface area contributed by atoms with Crippen LogP contribution in [0.1, 0.15) is 35.4 Å². The van der Waals surface area contributed by atoms with Crippen LogP contribution in [0.25, 0.3) is 0 Å². The summed E-state index contributed by atoms with van der Waals surface area (Å²) in [5.74, 6) is 0.0787. The van der Waals surface area contributed by atoms with Crippen LogP contribution in [0.15, 0.2) is 11.4 Å². The van der Waals surface area contributed by atoms with Crippen molar-refractivity contribution in [2.45, 2.75) is 37.8 Å². The van der Waals surface area contributed by atoms with Gasteiger partial charge in [-0.25, -0.2) is 0 Å². The molecule has 0 atom stereocenters. The van der Waals surface area contributed by atoms with Crippen LogP contribution in [0.5, 0.6) is 0 Å². The fraction of sp³-hybridized carbons (Fsp3) is 0.667. The summed E-state index contributed by atoms with van der Waals surface area (Å²) in [6.45, 7) is 3.58. The highest BCUT2D eigenvalue weighted by Crippen LogP contribution is 2.25. The van der Waals surface area contributed by atoms with Gasteiger partial charge >= 0.3 is 0 Å². The highest BCUT2D eigenvalue weighted by Gasteiger charge is 2.30. The molecular weight excluding hydrogens is 322 g/mol. The van der Waals surface area contributed by atoms with Crippen molar-refractivity contribution in [3.63, 3.8) is 0 Å². The zero-order valence-electron chi connectivity index (χ0n) is 12.6. The molecule has 2 aliphatic heterocycles. The number of carbonyl (C=O) groups excluding carboxylic acids is 1. The molecule has 0 saturated carbocycles. The highest BCUT2D eigenvalue weighted by molar-refractivity contribution is 7.12. The van der Waals surface area contributed by atoms with E-state index in [1.807, 2.05) is 10.3 Å². The molecule has 0 radical (unpaired) electrons. The predicted octanol–water partition coefficient (Wildman–Crippen LogP) is 1.81. The summed E-state index contributed by atoms with van der Waals surface area (Å²) >= 11 is 1.43. The first kappa shape index (κ1) is 17.5. The zero-order chi connectivity index (χ0) is 14.8. The second-order valence-corrected chi connectivity index (χ2v) is 6.91. The molecule has 0 bridgehead atoms. The first-order chi connectivity index (χ1) is 10.1. The molecule has 0 spiro atoms. The maximum absolute atomic E-state index is 12.4. The standard InChI is InChI=1S/C15H23N3O2S.ClH/c16-13-5-10-21-14(13)15(20)18-6-1-11(2-7-18)17-8-3-12(19)4-9-17;/h5,10-12,19H,1-4,6-9,16H2;1H. The van der Waals surface area contributed by atoms with Gasteiger partial charge in [0.05, 0.1) is 11.8 Å². The zero-order valence-corrected chi connectivity index (χ0v) is 14.2. The Hall–Kier alpha value is -0.820. The number of hydrogen-bond acceptors (Lipinski definition) is 5. The molecule has 3 heterocycles. The number of anilines is 1. The van der Waals surface area contributed by atoms with E-state index in [0.29, 0.717) is 16.6 Å². The Morgan fingerprint density at radius 3 is 2.36 bits per heavy atom. The van der Waals surface area contributed by atoms with E-state index in [4.69, 9.17) is 5.73 Å². The first-order valence-electron chi connectivity index (χ1n) is 7.69. The molecule has 1 amide bonds.